The molecule has 0 unspecified atom stereocenters. The fourth-order valence-corrected chi connectivity index (χ4v) is 3.58. The summed E-state index contributed by atoms with van der Waals surface area (Å²) in [7, 11) is 1.76. The number of aryl methyl sites for hydroxylation is 1. The molecule has 1 N–H and O–H groups in total. The Hall–Kier alpha value is -2.22. The van der Waals surface area contributed by atoms with Gasteiger partial charge in [-0.15, -0.1) is 0 Å². The number of methoxy groups -OCH3 is 1. The largest absolute Gasteiger partial charge is 0.496 e. The van der Waals surface area contributed by atoms with E-state index in [1.54, 1.807) is 7.11 Å². The van der Waals surface area contributed by atoms with Crippen molar-refractivity contribution in [3.8, 4) is 16.9 Å². The van der Waals surface area contributed by atoms with Crippen molar-refractivity contribution in [2.45, 2.75) is 20.3 Å². The van der Waals surface area contributed by atoms with Crippen molar-refractivity contribution in [1.82, 2.24) is 4.98 Å². The molecule has 4 rings (SSSR count). The summed E-state index contributed by atoms with van der Waals surface area (Å²) in [5, 5.41) is 1.32. The second kappa shape index (κ2) is 3.89. The Bertz CT molecular complexity index is 842. The number of ether oxygens (including phenoxy) is 1. The summed E-state index contributed by atoms with van der Waals surface area (Å²) in [6.07, 6.45) is 0.974. The van der Waals surface area contributed by atoms with Crippen LogP contribution in [0.3, 0.4) is 0 Å². The van der Waals surface area contributed by atoms with Crippen molar-refractivity contribution in [3.05, 3.63) is 52.7 Å². The Morgan fingerprint density at radius 3 is 2.75 bits per heavy atom. The Balaban J connectivity index is 2.07. The monoisotopic (exact) mass is 263 g/mol. The molecular formula is C18H17NO. The van der Waals surface area contributed by atoms with Crippen LogP contribution in [0.15, 0.2) is 30.3 Å². The minimum Gasteiger partial charge on any atom is -0.496 e. The van der Waals surface area contributed by atoms with Crippen LogP contribution in [-0.4, -0.2) is 12.1 Å². The van der Waals surface area contributed by atoms with Gasteiger partial charge in [0.15, 0.2) is 0 Å². The molecule has 0 saturated heterocycles. The third-order valence-corrected chi connectivity index (χ3v) is 4.45. The van der Waals surface area contributed by atoms with Crippen LogP contribution in [0.2, 0.25) is 0 Å². The first kappa shape index (κ1) is 11.6. The quantitative estimate of drug-likeness (QED) is 0.542. The van der Waals surface area contributed by atoms with E-state index < -0.39 is 0 Å². The van der Waals surface area contributed by atoms with Gasteiger partial charge in [0.25, 0.3) is 0 Å². The molecule has 100 valence electrons. The first-order valence-electron chi connectivity index (χ1n) is 6.97. The van der Waals surface area contributed by atoms with E-state index in [1.165, 1.54) is 44.4 Å². The van der Waals surface area contributed by atoms with Crippen LogP contribution in [0.25, 0.3) is 22.0 Å². The van der Waals surface area contributed by atoms with E-state index in [2.05, 4.69) is 49.2 Å². The maximum Gasteiger partial charge on any atom is 0.124 e. The van der Waals surface area contributed by atoms with Crippen LogP contribution >= 0.6 is 0 Å². The molecule has 0 bridgehead atoms. The van der Waals surface area contributed by atoms with Gasteiger partial charge in [-0.1, -0.05) is 18.2 Å². The summed E-state index contributed by atoms with van der Waals surface area (Å²) in [6.45, 7) is 4.29. The lowest BCUT2D eigenvalue weighted by atomic mass is 9.96. The molecule has 2 nitrogen and oxygen atoms in total. The average molecular weight is 263 g/mol. The Morgan fingerprint density at radius 2 is 1.95 bits per heavy atom. The standard InChI is InChI=1S/C18H17NO/c1-10-8-14-13(11(2)18(10)20-3)9-16-17(14)12-6-4-5-7-15(12)19-16/h4-8,19H,9H2,1-3H3. The highest BCUT2D eigenvalue weighted by Crippen LogP contribution is 2.45. The number of H-pyrrole nitrogens is 1. The second-order valence-electron chi connectivity index (χ2n) is 5.58. The van der Waals surface area contributed by atoms with E-state index in [-0.39, 0.29) is 0 Å². The van der Waals surface area contributed by atoms with Gasteiger partial charge in [-0.25, -0.2) is 0 Å². The summed E-state index contributed by atoms with van der Waals surface area (Å²) in [4.78, 5) is 3.57. The topological polar surface area (TPSA) is 25.0 Å². The molecule has 0 saturated carbocycles. The number of aromatic nitrogens is 1. The minimum absolute atomic E-state index is 0.974. The zero-order valence-electron chi connectivity index (χ0n) is 12.0. The molecule has 1 aliphatic rings. The van der Waals surface area contributed by atoms with Gasteiger partial charge in [-0.05, 0) is 48.2 Å². The molecule has 1 aromatic heterocycles. The third kappa shape index (κ3) is 1.34. The zero-order valence-corrected chi connectivity index (χ0v) is 12.0. The van der Waals surface area contributed by atoms with Gasteiger partial charge in [0, 0.05) is 28.6 Å². The van der Waals surface area contributed by atoms with Gasteiger partial charge in [0.1, 0.15) is 5.75 Å². The lowest BCUT2D eigenvalue weighted by Crippen LogP contribution is -1.96. The number of hydrogen-bond acceptors (Lipinski definition) is 1. The van der Waals surface area contributed by atoms with Gasteiger partial charge >= 0.3 is 0 Å². The van der Waals surface area contributed by atoms with Crippen LogP contribution in [0.4, 0.5) is 0 Å². The molecule has 3 aromatic rings. The van der Waals surface area contributed by atoms with Gasteiger partial charge in [0.2, 0.25) is 0 Å². The number of para-hydroxylation sites is 1. The Morgan fingerprint density at radius 1 is 1.15 bits per heavy atom. The predicted octanol–water partition coefficient (Wildman–Crippen LogP) is 4.36. The number of nitrogens with one attached hydrogen (secondary N) is 1. The predicted molar refractivity (Wildman–Crippen MR) is 82.6 cm³/mol. The second-order valence-corrected chi connectivity index (χ2v) is 5.58. The first-order valence-corrected chi connectivity index (χ1v) is 6.97. The highest BCUT2D eigenvalue weighted by atomic mass is 16.5. The molecule has 0 atom stereocenters. The van der Waals surface area contributed by atoms with Crippen LogP contribution in [-0.2, 0) is 6.42 Å². The molecule has 2 heteroatoms. The van der Waals surface area contributed by atoms with E-state index >= 15 is 0 Å². The van der Waals surface area contributed by atoms with E-state index in [0.29, 0.717) is 0 Å². The van der Waals surface area contributed by atoms with E-state index in [4.69, 9.17) is 4.74 Å². The van der Waals surface area contributed by atoms with Crippen molar-refractivity contribution >= 4 is 10.9 Å². The van der Waals surface area contributed by atoms with E-state index in [0.717, 1.165) is 12.2 Å². The third-order valence-electron chi connectivity index (χ3n) is 4.45. The van der Waals surface area contributed by atoms with Gasteiger partial charge in [-0.2, -0.15) is 0 Å². The molecule has 0 spiro atoms. The van der Waals surface area contributed by atoms with Gasteiger partial charge < -0.3 is 9.72 Å². The van der Waals surface area contributed by atoms with Gasteiger partial charge in [-0.3, -0.25) is 0 Å². The smallest absolute Gasteiger partial charge is 0.124 e. The summed E-state index contributed by atoms with van der Waals surface area (Å²) >= 11 is 0. The fourth-order valence-electron chi connectivity index (χ4n) is 3.58. The number of aromatic amines is 1. The van der Waals surface area contributed by atoms with Crippen molar-refractivity contribution in [1.29, 1.82) is 0 Å². The normalized spacial score (nSPS) is 12.6. The summed E-state index contributed by atoms with van der Waals surface area (Å²) in [5.41, 5.74) is 9.20. The Kier molecular flexibility index (Phi) is 2.25. The summed E-state index contributed by atoms with van der Waals surface area (Å²) in [6, 6.07) is 10.8. The molecule has 1 heterocycles. The van der Waals surface area contributed by atoms with Crippen LogP contribution in [0.5, 0.6) is 5.75 Å². The van der Waals surface area contributed by atoms with E-state index in [1.807, 2.05) is 0 Å². The van der Waals surface area contributed by atoms with Crippen molar-refractivity contribution < 1.29 is 4.74 Å². The van der Waals surface area contributed by atoms with Crippen molar-refractivity contribution in [3.63, 3.8) is 0 Å². The molecule has 1 aliphatic carbocycles. The summed E-state index contributed by atoms with van der Waals surface area (Å²) in [5.74, 6) is 1.03. The molecule has 0 radical (unpaired) electrons. The molecule has 0 fully saturated rings. The highest BCUT2D eigenvalue weighted by molar-refractivity contribution is 6.01. The summed E-state index contributed by atoms with van der Waals surface area (Å²) < 4.78 is 5.55. The number of hydrogen-bond donors (Lipinski definition) is 1. The molecule has 2 aromatic carbocycles. The lowest BCUT2D eigenvalue weighted by molar-refractivity contribution is 0.408. The molecule has 0 amide bonds. The first-order chi connectivity index (χ1) is 9.70. The number of fused-ring (bicyclic) bond motifs is 5. The maximum atomic E-state index is 5.55. The Labute approximate surface area is 118 Å². The van der Waals surface area contributed by atoms with Crippen LogP contribution in [0.1, 0.15) is 22.4 Å². The molecule has 20 heavy (non-hydrogen) atoms. The number of rotatable bonds is 1. The van der Waals surface area contributed by atoms with Crippen LogP contribution in [0, 0.1) is 13.8 Å². The van der Waals surface area contributed by atoms with Gasteiger partial charge in [0.05, 0.1) is 7.11 Å². The SMILES string of the molecule is COc1c(C)cc2c(c1C)Cc1[nH]c3ccccc3c1-2. The maximum absolute atomic E-state index is 5.55. The highest BCUT2D eigenvalue weighted by Gasteiger charge is 2.26. The number of benzene rings is 2. The van der Waals surface area contributed by atoms with Crippen molar-refractivity contribution in [2.75, 3.05) is 7.11 Å². The van der Waals surface area contributed by atoms with Crippen LogP contribution < -0.4 is 4.74 Å². The minimum atomic E-state index is 0.974. The average Bonchev–Trinajstić information content (AvgIpc) is 2.96. The van der Waals surface area contributed by atoms with Crippen molar-refractivity contribution in [2.24, 2.45) is 0 Å². The molecular weight excluding hydrogens is 246 g/mol. The lowest BCUT2D eigenvalue weighted by Gasteiger charge is -2.13. The molecule has 0 aliphatic heterocycles. The van der Waals surface area contributed by atoms with E-state index in [9.17, 15) is 0 Å². The zero-order chi connectivity index (χ0) is 13.9. The fraction of sp³-hybridized carbons (Fsp3) is 0.222.